The molecule has 0 radical (unpaired) electrons. The minimum Gasteiger partial charge on any atom is -0.375 e. The first-order valence-electron chi connectivity index (χ1n) is 5.51. The van der Waals surface area contributed by atoms with E-state index in [0.717, 1.165) is 29.9 Å². The highest BCUT2D eigenvalue weighted by atomic mass is 35.5. The molecule has 0 saturated heterocycles. The van der Waals surface area contributed by atoms with Gasteiger partial charge in [-0.3, -0.25) is 0 Å². The molecule has 3 nitrogen and oxygen atoms in total. The van der Waals surface area contributed by atoms with Gasteiger partial charge in [0.1, 0.15) is 5.69 Å². The molecule has 0 fully saturated rings. The monoisotopic (exact) mass is 267 g/mol. The largest absolute Gasteiger partial charge is 0.375 e. The lowest BCUT2D eigenvalue weighted by Gasteiger charge is -2.19. The lowest BCUT2D eigenvalue weighted by atomic mass is 10.1. The van der Waals surface area contributed by atoms with E-state index in [-0.39, 0.29) is 0 Å². The van der Waals surface area contributed by atoms with E-state index in [9.17, 15) is 0 Å². The van der Waals surface area contributed by atoms with Gasteiger partial charge in [-0.05, 0) is 24.6 Å². The van der Waals surface area contributed by atoms with Crippen molar-refractivity contribution >= 4 is 29.0 Å². The molecule has 0 aliphatic carbocycles. The lowest BCUT2D eigenvalue weighted by Crippen LogP contribution is -2.17. The SMILES string of the molecule is CCCN(C)c1ccc(Cl)c(-c2cnsn2)c1. The molecule has 5 heteroatoms. The van der Waals surface area contributed by atoms with Gasteiger partial charge in [-0.25, -0.2) is 0 Å². The summed E-state index contributed by atoms with van der Waals surface area (Å²) in [5.74, 6) is 0. The van der Waals surface area contributed by atoms with Crippen molar-refractivity contribution < 1.29 is 0 Å². The van der Waals surface area contributed by atoms with E-state index in [1.807, 2.05) is 12.1 Å². The highest BCUT2D eigenvalue weighted by Gasteiger charge is 2.09. The van der Waals surface area contributed by atoms with Crippen molar-refractivity contribution in [2.24, 2.45) is 0 Å². The first-order chi connectivity index (χ1) is 8.22. The maximum atomic E-state index is 6.19. The molecule has 90 valence electrons. The molecule has 0 bridgehead atoms. The molecular formula is C12H14ClN3S. The van der Waals surface area contributed by atoms with Gasteiger partial charge < -0.3 is 4.90 Å². The second kappa shape index (κ2) is 5.47. The molecule has 0 atom stereocenters. The first kappa shape index (κ1) is 12.3. The maximum Gasteiger partial charge on any atom is 0.106 e. The topological polar surface area (TPSA) is 29.0 Å². The second-order valence-electron chi connectivity index (χ2n) is 3.88. The van der Waals surface area contributed by atoms with Crippen LogP contribution in [0.25, 0.3) is 11.3 Å². The van der Waals surface area contributed by atoms with Crippen LogP contribution in [0.3, 0.4) is 0 Å². The van der Waals surface area contributed by atoms with Crippen molar-refractivity contribution in [1.82, 2.24) is 8.75 Å². The summed E-state index contributed by atoms with van der Waals surface area (Å²) >= 11 is 7.38. The van der Waals surface area contributed by atoms with E-state index >= 15 is 0 Å². The quantitative estimate of drug-likeness (QED) is 0.846. The van der Waals surface area contributed by atoms with Crippen LogP contribution in [0.15, 0.2) is 24.4 Å². The fourth-order valence-electron chi connectivity index (χ4n) is 1.69. The molecular weight excluding hydrogens is 254 g/mol. The Kier molecular flexibility index (Phi) is 3.97. The molecule has 17 heavy (non-hydrogen) atoms. The molecule has 0 amide bonds. The van der Waals surface area contributed by atoms with Crippen LogP contribution in [0.1, 0.15) is 13.3 Å². The minimum atomic E-state index is 0.714. The maximum absolute atomic E-state index is 6.19. The molecule has 0 N–H and O–H groups in total. The Balaban J connectivity index is 2.36. The summed E-state index contributed by atoms with van der Waals surface area (Å²) < 4.78 is 8.23. The molecule has 0 aliphatic heterocycles. The number of anilines is 1. The molecule has 0 spiro atoms. The molecule has 1 aromatic carbocycles. The summed E-state index contributed by atoms with van der Waals surface area (Å²) in [4.78, 5) is 2.21. The summed E-state index contributed by atoms with van der Waals surface area (Å²) in [6.45, 7) is 3.19. The summed E-state index contributed by atoms with van der Waals surface area (Å²) in [7, 11) is 2.08. The highest BCUT2D eigenvalue weighted by molar-refractivity contribution is 6.99. The van der Waals surface area contributed by atoms with E-state index in [1.165, 1.54) is 11.7 Å². The van der Waals surface area contributed by atoms with Crippen LogP contribution in [0.2, 0.25) is 5.02 Å². The third-order valence-corrected chi connectivity index (χ3v) is 3.39. The number of benzene rings is 1. The van der Waals surface area contributed by atoms with Gasteiger partial charge in [-0.1, -0.05) is 18.5 Å². The summed E-state index contributed by atoms with van der Waals surface area (Å²) in [6, 6.07) is 6.01. The van der Waals surface area contributed by atoms with Gasteiger partial charge in [-0.15, -0.1) is 0 Å². The van der Waals surface area contributed by atoms with E-state index in [1.54, 1.807) is 6.20 Å². The Labute approximate surface area is 110 Å². The van der Waals surface area contributed by atoms with Gasteiger partial charge in [-0.2, -0.15) is 8.75 Å². The Morgan fingerprint density at radius 2 is 2.24 bits per heavy atom. The van der Waals surface area contributed by atoms with Crippen molar-refractivity contribution in [3.63, 3.8) is 0 Å². The van der Waals surface area contributed by atoms with Crippen molar-refractivity contribution in [2.45, 2.75) is 13.3 Å². The Morgan fingerprint density at radius 1 is 1.41 bits per heavy atom. The predicted molar refractivity (Wildman–Crippen MR) is 73.9 cm³/mol. The lowest BCUT2D eigenvalue weighted by molar-refractivity contribution is 0.852. The van der Waals surface area contributed by atoms with E-state index < -0.39 is 0 Å². The van der Waals surface area contributed by atoms with E-state index in [2.05, 4.69) is 33.7 Å². The van der Waals surface area contributed by atoms with Crippen LogP contribution in [0.4, 0.5) is 5.69 Å². The summed E-state index contributed by atoms with van der Waals surface area (Å²) in [5, 5.41) is 0.714. The zero-order chi connectivity index (χ0) is 12.3. The molecule has 0 aliphatic rings. The van der Waals surface area contributed by atoms with Crippen LogP contribution in [0, 0.1) is 0 Å². The Morgan fingerprint density at radius 3 is 2.88 bits per heavy atom. The van der Waals surface area contributed by atoms with Crippen LogP contribution in [-0.4, -0.2) is 22.3 Å². The molecule has 0 saturated carbocycles. The van der Waals surface area contributed by atoms with Crippen molar-refractivity contribution in [3.05, 3.63) is 29.4 Å². The summed E-state index contributed by atoms with van der Waals surface area (Å²) in [6.07, 6.45) is 2.86. The van der Waals surface area contributed by atoms with Gasteiger partial charge in [0.05, 0.1) is 22.9 Å². The molecule has 1 aromatic heterocycles. The molecule has 2 aromatic rings. The number of rotatable bonds is 4. The highest BCUT2D eigenvalue weighted by Crippen LogP contribution is 2.30. The number of aromatic nitrogens is 2. The average molecular weight is 268 g/mol. The Hall–Kier alpha value is -1.13. The van der Waals surface area contributed by atoms with Crippen LogP contribution in [-0.2, 0) is 0 Å². The molecule has 0 unspecified atom stereocenters. The molecule has 1 heterocycles. The molecule has 2 rings (SSSR count). The van der Waals surface area contributed by atoms with Crippen LogP contribution in [0.5, 0.6) is 0 Å². The number of hydrogen-bond donors (Lipinski definition) is 0. The second-order valence-corrected chi connectivity index (χ2v) is 4.84. The van der Waals surface area contributed by atoms with Crippen molar-refractivity contribution in [2.75, 3.05) is 18.5 Å². The average Bonchev–Trinajstić information content (AvgIpc) is 2.83. The van der Waals surface area contributed by atoms with Crippen LogP contribution < -0.4 is 4.90 Å². The third-order valence-electron chi connectivity index (χ3n) is 2.59. The minimum absolute atomic E-state index is 0.714. The van der Waals surface area contributed by atoms with E-state index in [0.29, 0.717) is 5.02 Å². The standard InChI is InChI=1S/C12H14ClN3S/c1-3-6-16(2)9-4-5-11(13)10(7-9)12-8-14-17-15-12/h4-5,7-8H,3,6H2,1-2H3. The van der Waals surface area contributed by atoms with Crippen LogP contribution >= 0.6 is 23.3 Å². The smallest absolute Gasteiger partial charge is 0.106 e. The normalized spacial score (nSPS) is 10.5. The van der Waals surface area contributed by atoms with Gasteiger partial charge in [0.2, 0.25) is 0 Å². The van der Waals surface area contributed by atoms with Crippen molar-refractivity contribution in [1.29, 1.82) is 0 Å². The predicted octanol–water partition coefficient (Wildman–Crippen LogP) is 3.70. The summed E-state index contributed by atoms with van der Waals surface area (Å²) in [5.41, 5.74) is 2.94. The number of nitrogens with zero attached hydrogens (tertiary/aromatic N) is 3. The van der Waals surface area contributed by atoms with E-state index in [4.69, 9.17) is 11.6 Å². The first-order valence-corrected chi connectivity index (χ1v) is 6.62. The zero-order valence-electron chi connectivity index (χ0n) is 9.85. The van der Waals surface area contributed by atoms with Gasteiger partial charge in [0, 0.05) is 24.8 Å². The fourth-order valence-corrected chi connectivity index (χ4v) is 2.34. The third kappa shape index (κ3) is 2.76. The van der Waals surface area contributed by atoms with Gasteiger partial charge >= 0.3 is 0 Å². The number of hydrogen-bond acceptors (Lipinski definition) is 4. The van der Waals surface area contributed by atoms with Crippen molar-refractivity contribution in [3.8, 4) is 11.3 Å². The Bertz CT molecular complexity index is 485. The zero-order valence-corrected chi connectivity index (χ0v) is 11.4. The van der Waals surface area contributed by atoms with Gasteiger partial charge in [0.15, 0.2) is 0 Å². The number of halogens is 1. The van der Waals surface area contributed by atoms with Gasteiger partial charge in [0.25, 0.3) is 0 Å². The fraction of sp³-hybridized carbons (Fsp3) is 0.333.